The van der Waals surface area contributed by atoms with Gasteiger partial charge in [0.05, 0.1) is 25.5 Å². The van der Waals surface area contributed by atoms with Gasteiger partial charge >= 0.3 is 0 Å². The average molecular weight is 311 g/mol. The Morgan fingerprint density at radius 1 is 1.00 bits per heavy atom. The number of nitrogens with one attached hydrogen (secondary N) is 4. The van der Waals surface area contributed by atoms with Crippen molar-refractivity contribution in [3.8, 4) is 0 Å². The molecule has 0 spiro atoms. The summed E-state index contributed by atoms with van der Waals surface area (Å²) in [6.45, 7) is 6.01. The van der Waals surface area contributed by atoms with Crippen molar-refractivity contribution in [1.29, 1.82) is 0 Å². The van der Waals surface area contributed by atoms with Gasteiger partial charge in [0.25, 0.3) is 0 Å². The van der Waals surface area contributed by atoms with E-state index in [4.69, 9.17) is 9.57 Å². The van der Waals surface area contributed by atoms with Gasteiger partial charge in [-0.25, -0.2) is 0 Å². The molecule has 22 heavy (non-hydrogen) atoms. The summed E-state index contributed by atoms with van der Waals surface area (Å²) < 4.78 is 5.47. The molecule has 0 saturated carbocycles. The topological polar surface area (TPSA) is 69.8 Å². The van der Waals surface area contributed by atoms with Gasteiger partial charge in [0.1, 0.15) is 6.23 Å². The van der Waals surface area contributed by atoms with E-state index >= 15 is 0 Å². The zero-order chi connectivity index (χ0) is 14.8. The molecule has 0 aliphatic carbocycles. The van der Waals surface area contributed by atoms with Crippen molar-refractivity contribution in [3.05, 3.63) is 0 Å². The highest BCUT2D eigenvalue weighted by Gasteiger charge is 2.38. The summed E-state index contributed by atoms with van der Waals surface area (Å²) in [6.07, 6.45) is 5.69. The first-order valence-corrected chi connectivity index (χ1v) is 8.86. The molecule has 4 aliphatic rings. The first-order chi connectivity index (χ1) is 10.9. The summed E-state index contributed by atoms with van der Waals surface area (Å²) in [5.74, 6) is 0.612. The minimum absolute atomic E-state index is 0.115. The van der Waals surface area contributed by atoms with Crippen molar-refractivity contribution in [2.45, 2.75) is 50.3 Å². The van der Waals surface area contributed by atoms with Gasteiger partial charge in [-0.1, -0.05) is 0 Å². The maximum atomic E-state index is 5.81. The van der Waals surface area contributed by atoms with Gasteiger partial charge in [-0.05, 0) is 44.7 Å². The third-order valence-corrected chi connectivity index (χ3v) is 5.51. The highest BCUT2D eigenvalue weighted by Crippen LogP contribution is 2.25. The Morgan fingerprint density at radius 3 is 2.73 bits per heavy atom. The van der Waals surface area contributed by atoms with Gasteiger partial charge in [0.15, 0.2) is 0 Å². The van der Waals surface area contributed by atoms with Crippen LogP contribution in [0.5, 0.6) is 0 Å². The normalized spacial score (nSPS) is 44.5. The van der Waals surface area contributed by atoms with E-state index in [1.165, 1.54) is 25.7 Å². The zero-order valence-electron chi connectivity index (χ0n) is 13.2. The summed E-state index contributed by atoms with van der Waals surface area (Å²) in [6, 6.07) is 0.453. The fraction of sp³-hybridized carbons (Fsp3) is 1.00. The Hall–Kier alpha value is -0.280. The molecule has 4 rings (SSSR count). The van der Waals surface area contributed by atoms with Crippen LogP contribution < -0.4 is 21.4 Å². The lowest BCUT2D eigenvalue weighted by Gasteiger charge is -2.41. The molecular formula is C15H29N5O2. The van der Waals surface area contributed by atoms with Crippen molar-refractivity contribution in [2.75, 3.05) is 39.4 Å². The first-order valence-electron chi connectivity index (χ1n) is 8.86. The van der Waals surface area contributed by atoms with E-state index in [0.29, 0.717) is 18.1 Å². The second-order valence-corrected chi connectivity index (χ2v) is 6.91. The van der Waals surface area contributed by atoms with Gasteiger partial charge in [0, 0.05) is 19.1 Å². The highest BCUT2D eigenvalue weighted by atomic mass is 16.7. The molecule has 7 nitrogen and oxygen atoms in total. The fourth-order valence-corrected chi connectivity index (χ4v) is 4.19. The summed E-state index contributed by atoms with van der Waals surface area (Å²) in [4.78, 5) is 8.34. The molecule has 4 aliphatic heterocycles. The van der Waals surface area contributed by atoms with E-state index in [9.17, 15) is 0 Å². The number of ether oxygens (including phenoxy) is 1. The van der Waals surface area contributed by atoms with Gasteiger partial charge in [0.2, 0.25) is 0 Å². The lowest BCUT2D eigenvalue weighted by molar-refractivity contribution is -0.0154. The third-order valence-electron chi connectivity index (χ3n) is 5.51. The zero-order valence-corrected chi connectivity index (χ0v) is 13.2. The number of piperidine rings is 1. The van der Waals surface area contributed by atoms with Crippen LogP contribution in [0.15, 0.2) is 0 Å². The Bertz CT molecular complexity index is 360. The van der Waals surface area contributed by atoms with Gasteiger partial charge in [-0.15, -0.1) is 0 Å². The summed E-state index contributed by atoms with van der Waals surface area (Å²) >= 11 is 0. The molecule has 0 bridgehead atoms. The molecular weight excluding hydrogens is 282 g/mol. The standard InChI is InChI=1S/C15H29N5O2/c1-2-12(16-4-1)15-18-14(19-22-15)11-3-5-17-13(10-11)20-6-8-21-9-7-20/h11-19H,1-10H2. The largest absolute Gasteiger partial charge is 0.379 e. The number of nitrogens with zero attached hydrogens (tertiary/aromatic N) is 1. The molecule has 0 aromatic heterocycles. The molecule has 0 amide bonds. The minimum atomic E-state index is 0.115. The van der Waals surface area contributed by atoms with Crippen molar-refractivity contribution >= 4 is 0 Å². The number of hydrogen-bond donors (Lipinski definition) is 4. The van der Waals surface area contributed by atoms with Gasteiger partial charge in [-0.3, -0.25) is 15.1 Å². The van der Waals surface area contributed by atoms with Crippen molar-refractivity contribution < 1.29 is 9.57 Å². The number of hydroxylamine groups is 1. The molecule has 7 heteroatoms. The number of hydrogen-bond acceptors (Lipinski definition) is 7. The van der Waals surface area contributed by atoms with E-state index in [2.05, 4.69) is 26.3 Å². The van der Waals surface area contributed by atoms with E-state index < -0.39 is 0 Å². The van der Waals surface area contributed by atoms with Crippen LogP contribution in [0, 0.1) is 5.92 Å². The van der Waals surface area contributed by atoms with Crippen LogP contribution in [0.25, 0.3) is 0 Å². The van der Waals surface area contributed by atoms with E-state index in [0.717, 1.165) is 39.4 Å². The van der Waals surface area contributed by atoms with Crippen molar-refractivity contribution in [1.82, 2.24) is 26.3 Å². The Morgan fingerprint density at radius 2 is 1.91 bits per heavy atom. The number of rotatable bonds is 3. The molecule has 4 heterocycles. The molecule has 0 aromatic rings. The maximum absolute atomic E-state index is 5.81. The van der Waals surface area contributed by atoms with Crippen LogP contribution in [0.4, 0.5) is 0 Å². The molecule has 0 aromatic carbocycles. The molecule has 4 N–H and O–H groups in total. The van der Waals surface area contributed by atoms with Crippen molar-refractivity contribution in [3.63, 3.8) is 0 Å². The second-order valence-electron chi connectivity index (χ2n) is 6.91. The Labute approximate surface area is 132 Å². The van der Waals surface area contributed by atoms with Gasteiger partial charge in [-0.2, -0.15) is 5.48 Å². The van der Waals surface area contributed by atoms with Crippen LogP contribution in [-0.2, 0) is 9.57 Å². The summed E-state index contributed by atoms with van der Waals surface area (Å²) in [5.41, 5.74) is 3.25. The number of morpholine rings is 1. The fourth-order valence-electron chi connectivity index (χ4n) is 4.19. The predicted molar refractivity (Wildman–Crippen MR) is 82.9 cm³/mol. The van der Waals surface area contributed by atoms with Gasteiger partial charge < -0.3 is 15.4 Å². The molecule has 4 fully saturated rings. The van der Waals surface area contributed by atoms with Crippen LogP contribution in [0.2, 0.25) is 0 Å². The van der Waals surface area contributed by atoms with Crippen molar-refractivity contribution in [2.24, 2.45) is 5.92 Å². The molecule has 126 valence electrons. The molecule has 5 unspecified atom stereocenters. The minimum Gasteiger partial charge on any atom is -0.379 e. The average Bonchev–Trinajstić information content (AvgIpc) is 3.27. The monoisotopic (exact) mass is 311 g/mol. The van der Waals surface area contributed by atoms with E-state index in [1.54, 1.807) is 0 Å². The molecule has 4 saturated heterocycles. The van der Waals surface area contributed by atoms with E-state index in [1.807, 2.05) is 0 Å². The molecule has 0 radical (unpaired) electrons. The Kier molecular flexibility index (Phi) is 4.92. The van der Waals surface area contributed by atoms with Crippen LogP contribution in [-0.4, -0.2) is 68.9 Å². The predicted octanol–water partition coefficient (Wildman–Crippen LogP) is -0.827. The van der Waals surface area contributed by atoms with Crippen LogP contribution in [0.1, 0.15) is 25.7 Å². The molecule has 5 atom stereocenters. The van der Waals surface area contributed by atoms with Crippen LogP contribution in [0.3, 0.4) is 0 Å². The van der Waals surface area contributed by atoms with Crippen LogP contribution >= 0.6 is 0 Å². The summed E-state index contributed by atoms with van der Waals surface area (Å²) in [5, 5.41) is 10.9. The first kappa shape index (κ1) is 15.3. The quantitative estimate of drug-likeness (QED) is 0.542. The lowest BCUT2D eigenvalue weighted by atomic mass is 9.92. The van der Waals surface area contributed by atoms with E-state index in [-0.39, 0.29) is 12.4 Å². The summed E-state index contributed by atoms with van der Waals surface area (Å²) in [7, 11) is 0. The smallest absolute Gasteiger partial charge is 0.146 e. The lowest BCUT2D eigenvalue weighted by Crippen LogP contribution is -2.57. The maximum Gasteiger partial charge on any atom is 0.146 e. The second kappa shape index (κ2) is 7.09. The highest BCUT2D eigenvalue weighted by molar-refractivity contribution is 4.90. The SMILES string of the molecule is C1CNC(C2NC(C3CCNC(N4CCOCC4)C3)NO2)C1. The third kappa shape index (κ3) is 3.31. The Balaban J connectivity index is 1.30.